The summed E-state index contributed by atoms with van der Waals surface area (Å²) in [6, 6.07) is 7.90. The summed E-state index contributed by atoms with van der Waals surface area (Å²) in [5, 5.41) is 0. The van der Waals surface area contributed by atoms with Gasteiger partial charge in [-0.05, 0) is 23.1 Å². The smallest absolute Gasteiger partial charge is 0.0872 e. The second-order valence-corrected chi connectivity index (χ2v) is 3.11. The highest BCUT2D eigenvalue weighted by atomic mass is 19.1. The van der Waals surface area contributed by atoms with E-state index in [2.05, 4.69) is 13.8 Å². The zero-order valence-corrected chi connectivity index (χ0v) is 7.42. The van der Waals surface area contributed by atoms with E-state index in [-0.39, 0.29) is 0 Å². The van der Waals surface area contributed by atoms with Crippen LogP contribution >= 0.6 is 0 Å². The molecule has 0 amide bonds. The Hall–Kier alpha value is -1.11. The van der Waals surface area contributed by atoms with E-state index in [4.69, 9.17) is 0 Å². The van der Waals surface area contributed by atoms with Crippen molar-refractivity contribution in [3.63, 3.8) is 0 Å². The summed E-state index contributed by atoms with van der Waals surface area (Å²) in [5.74, 6) is 0.536. The van der Waals surface area contributed by atoms with E-state index in [1.165, 1.54) is 11.6 Å². The fourth-order valence-corrected chi connectivity index (χ4v) is 1.06. The van der Waals surface area contributed by atoms with Crippen LogP contribution in [0.3, 0.4) is 0 Å². The molecule has 0 spiro atoms. The monoisotopic (exact) mass is 164 g/mol. The normalized spacial score (nSPS) is 11.3. The average Bonchev–Trinajstić information content (AvgIpc) is 2.06. The summed E-state index contributed by atoms with van der Waals surface area (Å²) in [5.41, 5.74) is 2.19. The number of benzene rings is 1. The van der Waals surface area contributed by atoms with Gasteiger partial charge in [-0.2, -0.15) is 0 Å². The Morgan fingerprint density at radius 2 is 1.75 bits per heavy atom. The van der Waals surface area contributed by atoms with Crippen LogP contribution in [0.15, 0.2) is 30.6 Å². The van der Waals surface area contributed by atoms with Crippen molar-refractivity contribution in [3.8, 4) is 0 Å². The highest BCUT2D eigenvalue weighted by Gasteiger charge is 1.96. The fraction of sp³-hybridized carbons (Fsp3) is 0.273. The lowest BCUT2D eigenvalue weighted by molar-refractivity contribution is 0.727. The van der Waals surface area contributed by atoms with Gasteiger partial charge in [-0.25, -0.2) is 4.39 Å². The molecule has 0 saturated heterocycles. The minimum atomic E-state index is 0.536. The molecule has 0 bridgehead atoms. The zero-order chi connectivity index (χ0) is 8.97. The molecule has 0 heterocycles. The van der Waals surface area contributed by atoms with E-state index in [0.29, 0.717) is 12.2 Å². The van der Waals surface area contributed by atoms with Gasteiger partial charge in [0.1, 0.15) is 0 Å². The van der Waals surface area contributed by atoms with Crippen LogP contribution < -0.4 is 0 Å². The van der Waals surface area contributed by atoms with Crippen molar-refractivity contribution in [2.45, 2.75) is 19.8 Å². The molecule has 1 aromatic carbocycles. The van der Waals surface area contributed by atoms with E-state index < -0.39 is 0 Å². The first-order valence-corrected chi connectivity index (χ1v) is 4.10. The average molecular weight is 164 g/mol. The summed E-state index contributed by atoms with van der Waals surface area (Å²) in [7, 11) is 0. The quantitative estimate of drug-likeness (QED) is 0.624. The van der Waals surface area contributed by atoms with Crippen LogP contribution in [0.4, 0.5) is 4.39 Å². The Labute approximate surface area is 72.7 Å². The van der Waals surface area contributed by atoms with Crippen molar-refractivity contribution in [1.82, 2.24) is 0 Å². The first-order chi connectivity index (χ1) is 5.74. The SMILES string of the molecule is CC(C)c1ccc(/C=C\F)cc1. The van der Waals surface area contributed by atoms with Gasteiger partial charge in [0.25, 0.3) is 0 Å². The van der Waals surface area contributed by atoms with E-state index >= 15 is 0 Å². The van der Waals surface area contributed by atoms with Gasteiger partial charge in [0.15, 0.2) is 0 Å². The number of hydrogen-bond acceptors (Lipinski definition) is 0. The van der Waals surface area contributed by atoms with Gasteiger partial charge in [0, 0.05) is 0 Å². The number of hydrogen-bond donors (Lipinski definition) is 0. The Kier molecular flexibility index (Phi) is 3.03. The largest absolute Gasteiger partial charge is 0.216 e. The molecule has 0 unspecified atom stereocenters. The van der Waals surface area contributed by atoms with Crippen molar-refractivity contribution in [2.75, 3.05) is 0 Å². The van der Waals surface area contributed by atoms with Gasteiger partial charge in [0.05, 0.1) is 6.33 Å². The van der Waals surface area contributed by atoms with Crippen molar-refractivity contribution < 1.29 is 4.39 Å². The molecule has 0 N–H and O–H groups in total. The molecule has 0 aliphatic rings. The van der Waals surface area contributed by atoms with E-state index in [1.54, 1.807) is 0 Å². The second kappa shape index (κ2) is 4.05. The molecule has 1 rings (SSSR count). The maximum Gasteiger partial charge on any atom is 0.0872 e. The molecule has 0 aliphatic heterocycles. The topological polar surface area (TPSA) is 0 Å². The maximum absolute atomic E-state index is 11.8. The van der Waals surface area contributed by atoms with Gasteiger partial charge in [-0.15, -0.1) is 0 Å². The Bertz CT molecular complexity index is 257. The highest BCUT2D eigenvalue weighted by molar-refractivity contribution is 5.48. The van der Waals surface area contributed by atoms with E-state index in [9.17, 15) is 4.39 Å². The Morgan fingerprint density at radius 1 is 1.17 bits per heavy atom. The van der Waals surface area contributed by atoms with Gasteiger partial charge >= 0.3 is 0 Å². The van der Waals surface area contributed by atoms with Gasteiger partial charge in [0.2, 0.25) is 0 Å². The first-order valence-electron chi connectivity index (χ1n) is 4.10. The second-order valence-electron chi connectivity index (χ2n) is 3.11. The van der Waals surface area contributed by atoms with Gasteiger partial charge < -0.3 is 0 Å². The van der Waals surface area contributed by atoms with E-state index in [1.807, 2.05) is 24.3 Å². The molecule has 0 saturated carbocycles. The van der Waals surface area contributed by atoms with Crippen LogP contribution in [0, 0.1) is 0 Å². The molecular formula is C11H13F. The lowest BCUT2D eigenvalue weighted by Gasteiger charge is -2.04. The summed E-state index contributed by atoms with van der Waals surface area (Å²) in [4.78, 5) is 0. The lowest BCUT2D eigenvalue weighted by atomic mass is 10.0. The first kappa shape index (κ1) is 8.98. The predicted octanol–water partition coefficient (Wildman–Crippen LogP) is 3.75. The fourth-order valence-electron chi connectivity index (χ4n) is 1.06. The van der Waals surface area contributed by atoms with Crippen LogP contribution in [0.25, 0.3) is 6.08 Å². The summed E-state index contributed by atoms with van der Waals surface area (Å²) in [6.45, 7) is 4.28. The van der Waals surface area contributed by atoms with Crippen LogP contribution in [0.5, 0.6) is 0 Å². The molecule has 0 atom stereocenters. The van der Waals surface area contributed by atoms with Gasteiger partial charge in [-0.1, -0.05) is 38.1 Å². The molecule has 0 aliphatic carbocycles. The molecule has 0 aromatic heterocycles. The predicted molar refractivity (Wildman–Crippen MR) is 50.7 cm³/mol. The van der Waals surface area contributed by atoms with Crippen LogP contribution in [0.1, 0.15) is 30.9 Å². The van der Waals surface area contributed by atoms with Crippen molar-refractivity contribution in [2.24, 2.45) is 0 Å². The Balaban J connectivity index is 2.85. The summed E-state index contributed by atoms with van der Waals surface area (Å²) in [6.07, 6.45) is 2.01. The molecule has 0 fully saturated rings. The minimum absolute atomic E-state index is 0.536. The standard InChI is InChI=1S/C11H13F/c1-9(2)11-5-3-10(4-6-11)7-8-12/h3-9H,1-2H3/b8-7-. The lowest BCUT2D eigenvalue weighted by Crippen LogP contribution is -1.85. The minimum Gasteiger partial charge on any atom is -0.216 e. The third-order valence-corrected chi connectivity index (χ3v) is 1.86. The summed E-state index contributed by atoms with van der Waals surface area (Å²) < 4.78 is 11.8. The Morgan fingerprint density at radius 3 is 2.17 bits per heavy atom. The number of rotatable bonds is 2. The molecule has 12 heavy (non-hydrogen) atoms. The highest BCUT2D eigenvalue weighted by Crippen LogP contribution is 2.15. The third kappa shape index (κ3) is 2.19. The van der Waals surface area contributed by atoms with Crippen LogP contribution in [0.2, 0.25) is 0 Å². The molecule has 1 heteroatoms. The summed E-state index contributed by atoms with van der Waals surface area (Å²) >= 11 is 0. The molecule has 1 aromatic rings. The van der Waals surface area contributed by atoms with Crippen molar-refractivity contribution >= 4 is 6.08 Å². The molecule has 0 radical (unpaired) electrons. The molecular weight excluding hydrogens is 151 g/mol. The van der Waals surface area contributed by atoms with E-state index in [0.717, 1.165) is 5.56 Å². The van der Waals surface area contributed by atoms with Gasteiger partial charge in [-0.3, -0.25) is 0 Å². The van der Waals surface area contributed by atoms with Crippen LogP contribution in [-0.2, 0) is 0 Å². The zero-order valence-electron chi connectivity index (χ0n) is 7.42. The third-order valence-electron chi connectivity index (χ3n) is 1.86. The van der Waals surface area contributed by atoms with Crippen molar-refractivity contribution in [3.05, 3.63) is 41.7 Å². The van der Waals surface area contributed by atoms with Crippen molar-refractivity contribution in [1.29, 1.82) is 0 Å². The molecule has 64 valence electrons. The van der Waals surface area contributed by atoms with Crippen LogP contribution in [-0.4, -0.2) is 0 Å². The molecule has 0 nitrogen and oxygen atoms in total. The maximum atomic E-state index is 11.8. The number of halogens is 1.